The third-order valence-corrected chi connectivity index (χ3v) is 4.65. The number of benzene rings is 2. The molecule has 3 heteroatoms. The first-order valence-corrected chi connectivity index (χ1v) is 9.27. The summed E-state index contributed by atoms with van der Waals surface area (Å²) in [5, 5.41) is 0. The van der Waals surface area contributed by atoms with Crippen molar-refractivity contribution in [3.05, 3.63) is 96.1 Å². The topological polar surface area (TPSA) is 41.6 Å². The molecule has 2 aromatic heterocycles. The van der Waals surface area contributed by atoms with E-state index in [-0.39, 0.29) is 5.92 Å². The predicted octanol–water partition coefficient (Wildman–Crippen LogP) is 5.12. The van der Waals surface area contributed by atoms with Crippen LogP contribution in [-0.4, -0.2) is 15.0 Å². The molecule has 1 N–H and O–H groups in total. The minimum absolute atomic E-state index is 0.258. The number of H-pyrrole nitrogens is 1. The molecular weight excluding hydrogens is 330 g/mol. The smallest absolute Gasteiger partial charge is 0.113 e. The molecule has 0 saturated carbocycles. The number of pyridine rings is 1. The Morgan fingerprint density at radius 1 is 0.889 bits per heavy atom. The Morgan fingerprint density at radius 2 is 1.70 bits per heavy atom. The maximum Gasteiger partial charge on any atom is 0.113 e. The van der Waals surface area contributed by atoms with Crippen LogP contribution in [0, 0.1) is 11.8 Å². The molecule has 27 heavy (non-hydrogen) atoms. The van der Waals surface area contributed by atoms with Gasteiger partial charge in [0.15, 0.2) is 0 Å². The summed E-state index contributed by atoms with van der Waals surface area (Å²) in [6.07, 6.45) is 4.54. The molecule has 0 saturated heterocycles. The van der Waals surface area contributed by atoms with Gasteiger partial charge in [-0.2, -0.15) is 0 Å². The zero-order chi connectivity index (χ0) is 18.3. The lowest BCUT2D eigenvalue weighted by molar-refractivity contribution is 0.611. The van der Waals surface area contributed by atoms with Gasteiger partial charge in [0.1, 0.15) is 11.5 Å². The van der Waals surface area contributed by atoms with E-state index in [0.717, 1.165) is 41.8 Å². The summed E-state index contributed by atoms with van der Waals surface area (Å²) < 4.78 is 0. The second-order valence-electron chi connectivity index (χ2n) is 6.58. The SMILES string of the molecule is C(#Cc1ccccn1)CC(CCc1ccccc1)c1nc2ccccc2[nH]1. The molecule has 4 aromatic rings. The summed E-state index contributed by atoms with van der Waals surface area (Å²) in [5.41, 5.74) is 4.24. The van der Waals surface area contributed by atoms with Crippen LogP contribution >= 0.6 is 0 Å². The Labute approximate surface area is 159 Å². The lowest BCUT2D eigenvalue weighted by Gasteiger charge is -2.11. The number of para-hydroxylation sites is 2. The number of nitrogens with one attached hydrogen (secondary N) is 1. The molecule has 0 aliphatic heterocycles. The molecule has 4 rings (SSSR count). The first-order valence-electron chi connectivity index (χ1n) is 9.27. The monoisotopic (exact) mass is 351 g/mol. The van der Waals surface area contributed by atoms with Crippen molar-refractivity contribution in [2.75, 3.05) is 0 Å². The van der Waals surface area contributed by atoms with E-state index in [1.807, 2.05) is 36.4 Å². The second kappa shape index (κ2) is 8.33. The molecule has 3 nitrogen and oxygen atoms in total. The molecule has 0 bridgehead atoms. The van der Waals surface area contributed by atoms with Crippen LogP contribution in [0.1, 0.15) is 35.8 Å². The van der Waals surface area contributed by atoms with Crippen LogP contribution in [-0.2, 0) is 6.42 Å². The van der Waals surface area contributed by atoms with Crippen molar-refractivity contribution in [1.82, 2.24) is 15.0 Å². The Kier molecular flexibility index (Phi) is 5.26. The molecule has 0 amide bonds. The molecule has 132 valence electrons. The van der Waals surface area contributed by atoms with Gasteiger partial charge in [0.25, 0.3) is 0 Å². The highest BCUT2D eigenvalue weighted by atomic mass is 14.9. The molecule has 0 fully saturated rings. The summed E-state index contributed by atoms with van der Waals surface area (Å²) in [6, 6.07) is 24.6. The Morgan fingerprint density at radius 3 is 2.52 bits per heavy atom. The average Bonchev–Trinajstić information content (AvgIpc) is 3.16. The molecule has 0 aliphatic rings. The zero-order valence-corrected chi connectivity index (χ0v) is 15.1. The fraction of sp³-hybridized carbons (Fsp3) is 0.167. The van der Waals surface area contributed by atoms with Gasteiger partial charge in [0, 0.05) is 18.5 Å². The number of imidazole rings is 1. The van der Waals surface area contributed by atoms with Crippen LogP contribution in [0.3, 0.4) is 0 Å². The molecule has 0 radical (unpaired) electrons. The summed E-state index contributed by atoms with van der Waals surface area (Å²) in [6.45, 7) is 0. The van der Waals surface area contributed by atoms with Gasteiger partial charge in [0.2, 0.25) is 0 Å². The summed E-state index contributed by atoms with van der Waals surface area (Å²) >= 11 is 0. The van der Waals surface area contributed by atoms with Crippen molar-refractivity contribution in [2.45, 2.75) is 25.2 Å². The molecule has 0 aliphatic carbocycles. The van der Waals surface area contributed by atoms with Crippen molar-refractivity contribution in [1.29, 1.82) is 0 Å². The van der Waals surface area contributed by atoms with E-state index >= 15 is 0 Å². The molecule has 2 heterocycles. The van der Waals surface area contributed by atoms with Gasteiger partial charge in [-0.05, 0) is 48.6 Å². The number of aromatic amines is 1. The minimum Gasteiger partial charge on any atom is -0.342 e. The second-order valence-corrected chi connectivity index (χ2v) is 6.58. The van der Waals surface area contributed by atoms with Crippen molar-refractivity contribution < 1.29 is 0 Å². The highest BCUT2D eigenvalue weighted by Gasteiger charge is 2.15. The van der Waals surface area contributed by atoms with Gasteiger partial charge in [-0.3, -0.25) is 0 Å². The van der Waals surface area contributed by atoms with Crippen molar-refractivity contribution >= 4 is 11.0 Å². The minimum atomic E-state index is 0.258. The van der Waals surface area contributed by atoms with Crippen LogP contribution in [0.15, 0.2) is 79.0 Å². The van der Waals surface area contributed by atoms with E-state index in [0.29, 0.717) is 0 Å². The summed E-state index contributed by atoms with van der Waals surface area (Å²) in [4.78, 5) is 12.6. The number of aromatic nitrogens is 3. The first-order chi connectivity index (χ1) is 13.4. The van der Waals surface area contributed by atoms with Crippen LogP contribution < -0.4 is 0 Å². The van der Waals surface area contributed by atoms with E-state index in [9.17, 15) is 0 Å². The van der Waals surface area contributed by atoms with E-state index < -0.39 is 0 Å². The fourth-order valence-electron chi connectivity index (χ4n) is 3.19. The lowest BCUT2D eigenvalue weighted by Crippen LogP contribution is -2.03. The molecule has 1 atom stereocenters. The van der Waals surface area contributed by atoms with E-state index in [2.05, 4.69) is 58.2 Å². The van der Waals surface area contributed by atoms with Gasteiger partial charge >= 0.3 is 0 Å². The Bertz CT molecular complexity index is 1020. The standard InChI is InChI=1S/C24H21N3/c1-2-9-19(10-3-1)16-17-20(11-8-13-21-12-6-7-18-25-21)24-26-22-14-4-5-15-23(22)27-24/h1-7,9-10,12,14-15,18,20H,11,16-17H2,(H,26,27). The van der Waals surface area contributed by atoms with Crippen LogP contribution in [0.2, 0.25) is 0 Å². The summed E-state index contributed by atoms with van der Waals surface area (Å²) in [7, 11) is 0. The van der Waals surface area contributed by atoms with Crippen molar-refractivity contribution in [2.24, 2.45) is 0 Å². The predicted molar refractivity (Wildman–Crippen MR) is 109 cm³/mol. The normalized spacial score (nSPS) is 11.7. The first kappa shape index (κ1) is 17.1. The number of nitrogens with zero attached hydrogens (tertiary/aromatic N) is 2. The van der Waals surface area contributed by atoms with Gasteiger partial charge < -0.3 is 4.98 Å². The van der Waals surface area contributed by atoms with Crippen molar-refractivity contribution in [3.63, 3.8) is 0 Å². The van der Waals surface area contributed by atoms with Crippen molar-refractivity contribution in [3.8, 4) is 11.8 Å². The van der Waals surface area contributed by atoms with E-state index in [4.69, 9.17) is 4.98 Å². The lowest BCUT2D eigenvalue weighted by atomic mass is 9.96. The van der Waals surface area contributed by atoms with Gasteiger partial charge in [0.05, 0.1) is 11.0 Å². The highest BCUT2D eigenvalue weighted by molar-refractivity contribution is 5.74. The maximum absolute atomic E-state index is 4.81. The highest BCUT2D eigenvalue weighted by Crippen LogP contribution is 2.25. The fourth-order valence-corrected chi connectivity index (χ4v) is 3.19. The quantitative estimate of drug-likeness (QED) is 0.507. The van der Waals surface area contributed by atoms with Crippen LogP contribution in [0.4, 0.5) is 0 Å². The molecule has 0 spiro atoms. The van der Waals surface area contributed by atoms with E-state index in [1.54, 1.807) is 6.20 Å². The third kappa shape index (κ3) is 4.43. The van der Waals surface area contributed by atoms with E-state index in [1.165, 1.54) is 5.56 Å². The Hall–Kier alpha value is -3.38. The maximum atomic E-state index is 4.81. The number of hydrogen-bond donors (Lipinski definition) is 1. The molecule has 2 aromatic carbocycles. The molecular formula is C24H21N3. The number of hydrogen-bond acceptors (Lipinski definition) is 2. The van der Waals surface area contributed by atoms with Crippen LogP contribution in [0.5, 0.6) is 0 Å². The Balaban J connectivity index is 1.55. The summed E-state index contributed by atoms with van der Waals surface area (Å²) in [5.74, 6) is 7.76. The molecule has 1 unspecified atom stereocenters. The average molecular weight is 351 g/mol. The largest absolute Gasteiger partial charge is 0.342 e. The zero-order valence-electron chi connectivity index (χ0n) is 15.1. The van der Waals surface area contributed by atoms with Crippen LogP contribution in [0.25, 0.3) is 11.0 Å². The third-order valence-electron chi connectivity index (χ3n) is 4.65. The number of aryl methyl sites for hydroxylation is 1. The van der Waals surface area contributed by atoms with Gasteiger partial charge in [-0.1, -0.05) is 54.5 Å². The number of fused-ring (bicyclic) bond motifs is 1. The van der Waals surface area contributed by atoms with Gasteiger partial charge in [-0.25, -0.2) is 9.97 Å². The number of rotatable bonds is 5. The van der Waals surface area contributed by atoms with Gasteiger partial charge in [-0.15, -0.1) is 0 Å².